The van der Waals surface area contributed by atoms with Crippen LogP contribution >= 0.6 is 24.0 Å². The molecule has 1 aromatic heterocycles. The molecule has 0 aliphatic rings. The Bertz CT molecular complexity index is 662. The van der Waals surface area contributed by atoms with Crippen molar-refractivity contribution in [1.82, 2.24) is 20.4 Å². The summed E-state index contributed by atoms with van der Waals surface area (Å²) < 4.78 is 1.81. The number of guanidine groups is 1. The molecule has 5 nitrogen and oxygen atoms in total. The predicted octanol–water partition coefficient (Wildman–Crippen LogP) is 3.85. The zero-order valence-electron chi connectivity index (χ0n) is 16.3. The molecule has 26 heavy (non-hydrogen) atoms. The minimum atomic E-state index is 0. The Morgan fingerprint density at radius 1 is 1.12 bits per heavy atom. The average molecular weight is 469 g/mol. The van der Waals surface area contributed by atoms with Crippen LogP contribution in [0.1, 0.15) is 44.7 Å². The first kappa shape index (κ1) is 22.5. The summed E-state index contributed by atoms with van der Waals surface area (Å²) in [4.78, 5) is 4.70. The van der Waals surface area contributed by atoms with E-state index in [2.05, 4.69) is 66.8 Å². The van der Waals surface area contributed by atoms with E-state index in [0.29, 0.717) is 6.54 Å². The lowest BCUT2D eigenvalue weighted by Gasteiger charge is -2.33. The van der Waals surface area contributed by atoms with Crippen LogP contribution in [0.3, 0.4) is 0 Å². The van der Waals surface area contributed by atoms with Crippen LogP contribution in [0.4, 0.5) is 0 Å². The van der Waals surface area contributed by atoms with E-state index in [1.54, 1.807) is 4.68 Å². The number of hydrogen-bond acceptors (Lipinski definition) is 2. The first-order valence-electron chi connectivity index (χ1n) is 9.18. The van der Waals surface area contributed by atoms with Gasteiger partial charge in [-0.05, 0) is 25.3 Å². The van der Waals surface area contributed by atoms with Crippen molar-refractivity contribution in [1.29, 1.82) is 0 Å². The van der Waals surface area contributed by atoms with Gasteiger partial charge in [-0.15, -0.1) is 24.0 Å². The van der Waals surface area contributed by atoms with Crippen LogP contribution in [0.2, 0.25) is 0 Å². The van der Waals surface area contributed by atoms with Crippen molar-refractivity contribution < 1.29 is 0 Å². The Balaban J connectivity index is 0.00000338. The molecule has 0 saturated heterocycles. The van der Waals surface area contributed by atoms with E-state index >= 15 is 0 Å². The van der Waals surface area contributed by atoms with Crippen LogP contribution in [0.25, 0.3) is 0 Å². The fourth-order valence-electron chi connectivity index (χ4n) is 3.12. The molecule has 0 radical (unpaired) electrons. The monoisotopic (exact) mass is 469 g/mol. The number of benzene rings is 1. The molecule has 0 atom stereocenters. The zero-order valence-corrected chi connectivity index (χ0v) is 18.7. The lowest BCUT2D eigenvalue weighted by molar-refractivity contribution is 0.389. The van der Waals surface area contributed by atoms with Crippen molar-refractivity contribution in [2.75, 3.05) is 13.1 Å². The Labute approximate surface area is 174 Å². The van der Waals surface area contributed by atoms with E-state index in [1.165, 1.54) is 5.56 Å². The van der Waals surface area contributed by atoms with Gasteiger partial charge in [0.25, 0.3) is 0 Å². The van der Waals surface area contributed by atoms with E-state index < -0.39 is 0 Å². The van der Waals surface area contributed by atoms with E-state index in [-0.39, 0.29) is 29.4 Å². The smallest absolute Gasteiger partial charge is 0.191 e. The summed E-state index contributed by atoms with van der Waals surface area (Å²) in [5.41, 5.74) is 2.61. The van der Waals surface area contributed by atoms with Gasteiger partial charge >= 0.3 is 0 Å². The number of halogens is 1. The summed E-state index contributed by atoms with van der Waals surface area (Å²) in [6.45, 7) is 8.94. The standard InChI is InChI=1S/C20H31N5.HI/c1-5-20(6-2,18-11-9-8-10-12-18)16-23-19(21-7-3)22-13-17-14-24-25(4)15-17;/h8-12,14-15H,5-7,13,16H2,1-4H3,(H2,21,22,23);1H. The first-order chi connectivity index (χ1) is 12.1. The quantitative estimate of drug-likeness (QED) is 0.351. The van der Waals surface area contributed by atoms with E-state index in [9.17, 15) is 0 Å². The summed E-state index contributed by atoms with van der Waals surface area (Å²) in [6.07, 6.45) is 6.03. The van der Waals surface area contributed by atoms with Crippen molar-refractivity contribution in [3.63, 3.8) is 0 Å². The minimum Gasteiger partial charge on any atom is -0.357 e. The molecule has 0 aliphatic heterocycles. The highest BCUT2D eigenvalue weighted by Crippen LogP contribution is 2.30. The van der Waals surface area contributed by atoms with Gasteiger partial charge in [-0.25, -0.2) is 4.99 Å². The lowest BCUT2D eigenvalue weighted by Crippen LogP contribution is -2.45. The summed E-state index contributed by atoms with van der Waals surface area (Å²) in [7, 11) is 1.92. The van der Waals surface area contributed by atoms with Gasteiger partial charge in [0.1, 0.15) is 0 Å². The molecule has 2 N–H and O–H groups in total. The highest BCUT2D eigenvalue weighted by molar-refractivity contribution is 14.0. The fraction of sp³-hybridized carbons (Fsp3) is 0.500. The molecular weight excluding hydrogens is 437 g/mol. The van der Waals surface area contributed by atoms with Gasteiger partial charge in [-0.2, -0.15) is 5.10 Å². The highest BCUT2D eigenvalue weighted by atomic mass is 127. The second-order valence-corrected chi connectivity index (χ2v) is 6.42. The topological polar surface area (TPSA) is 54.2 Å². The normalized spacial score (nSPS) is 11.8. The third-order valence-corrected chi connectivity index (χ3v) is 4.86. The third-order valence-electron chi connectivity index (χ3n) is 4.86. The molecule has 0 saturated carbocycles. The van der Waals surface area contributed by atoms with Gasteiger partial charge in [-0.1, -0.05) is 44.2 Å². The van der Waals surface area contributed by atoms with Gasteiger partial charge in [0.15, 0.2) is 5.96 Å². The van der Waals surface area contributed by atoms with E-state index in [4.69, 9.17) is 4.99 Å². The van der Waals surface area contributed by atoms with Gasteiger partial charge in [0.2, 0.25) is 0 Å². The number of hydrogen-bond donors (Lipinski definition) is 2. The molecule has 1 heterocycles. The van der Waals surface area contributed by atoms with Gasteiger partial charge in [0, 0.05) is 37.3 Å². The highest BCUT2D eigenvalue weighted by Gasteiger charge is 2.28. The van der Waals surface area contributed by atoms with Crippen molar-refractivity contribution in [2.24, 2.45) is 12.0 Å². The number of nitrogens with zero attached hydrogens (tertiary/aromatic N) is 3. The molecule has 0 amide bonds. The minimum absolute atomic E-state index is 0. The Hall–Kier alpha value is -1.57. The molecule has 6 heteroatoms. The number of aromatic nitrogens is 2. The Morgan fingerprint density at radius 3 is 2.35 bits per heavy atom. The molecule has 0 unspecified atom stereocenters. The molecular formula is C20H32IN5. The maximum Gasteiger partial charge on any atom is 0.191 e. The molecule has 0 fully saturated rings. The van der Waals surface area contributed by atoms with E-state index in [1.807, 2.05) is 19.4 Å². The number of aliphatic imine (C=N–C) groups is 1. The second kappa shape index (κ2) is 11.2. The molecule has 2 rings (SSSR count). The number of nitrogens with one attached hydrogen (secondary N) is 2. The summed E-state index contributed by atoms with van der Waals surface area (Å²) in [6, 6.07) is 10.8. The van der Waals surface area contributed by atoms with E-state index in [0.717, 1.165) is 37.5 Å². The average Bonchev–Trinajstić information content (AvgIpc) is 3.07. The molecule has 0 bridgehead atoms. The predicted molar refractivity (Wildman–Crippen MR) is 120 cm³/mol. The molecule has 144 valence electrons. The zero-order chi connectivity index (χ0) is 18.1. The van der Waals surface area contributed by atoms with Gasteiger partial charge < -0.3 is 10.6 Å². The third kappa shape index (κ3) is 6.00. The second-order valence-electron chi connectivity index (χ2n) is 6.42. The van der Waals surface area contributed by atoms with Gasteiger partial charge in [-0.3, -0.25) is 4.68 Å². The maximum atomic E-state index is 4.70. The maximum absolute atomic E-state index is 4.70. The lowest BCUT2D eigenvalue weighted by atomic mass is 9.76. The van der Waals surface area contributed by atoms with Crippen molar-refractivity contribution >= 4 is 29.9 Å². The fourth-order valence-corrected chi connectivity index (χ4v) is 3.12. The molecule has 2 aromatic rings. The SMILES string of the molecule is CCNC(=NCc1cnn(C)c1)NCC(CC)(CC)c1ccccc1.I. The van der Waals surface area contributed by atoms with Crippen molar-refractivity contribution in [2.45, 2.75) is 45.6 Å². The summed E-state index contributed by atoms with van der Waals surface area (Å²) >= 11 is 0. The van der Waals surface area contributed by atoms with Crippen molar-refractivity contribution in [3.8, 4) is 0 Å². The van der Waals surface area contributed by atoms with Crippen LogP contribution in [-0.2, 0) is 19.0 Å². The van der Waals surface area contributed by atoms with Gasteiger partial charge in [0.05, 0.1) is 12.7 Å². The Kier molecular flexibility index (Phi) is 9.69. The molecule has 0 spiro atoms. The number of aryl methyl sites for hydroxylation is 1. The van der Waals surface area contributed by atoms with Crippen molar-refractivity contribution in [3.05, 3.63) is 53.9 Å². The van der Waals surface area contributed by atoms with Crippen LogP contribution in [0, 0.1) is 0 Å². The molecule has 1 aromatic carbocycles. The summed E-state index contributed by atoms with van der Waals surface area (Å²) in [5, 5.41) is 11.1. The van der Waals surface area contributed by atoms with Crippen LogP contribution < -0.4 is 10.6 Å². The van der Waals surface area contributed by atoms with Crippen LogP contribution in [-0.4, -0.2) is 28.8 Å². The van der Waals surface area contributed by atoms with Crippen LogP contribution in [0.5, 0.6) is 0 Å². The largest absolute Gasteiger partial charge is 0.357 e. The summed E-state index contributed by atoms with van der Waals surface area (Å²) in [5.74, 6) is 0.855. The Morgan fingerprint density at radius 2 is 1.81 bits per heavy atom. The first-order valence-corrected chi connectivity index (χ1v) is 9.18. The number of rotatable bonds is 8. The van der Waals surface area contributed by atoms with Crippen LogP contribution in [0.15, 0.2) is 47.7 Å². The molecule has 0 aliphatic carbocycles.